The molecule has 1 aromatic carbocycles. The van der Waals surface area contributed by atoms with Crippen molar-refractivity contribution in [3.8, 4) is 0 Å². The molecule has 2 atom stereocenters. The van der Waals surface area contributed by atoms with E-state index >= 15 is 0 Å². The van der Waals surface area contributed by atoms with Crippen LogP contribution in [0.1, 0.15) is 37.7 Å². The molecular formula is C18H24FN3O3. The van der Waals surface area contributed by atoms with Gasteiger partial charge >= 0.3 is 12.1 Å². The Morgan fingerprint density at radius 2 is 2.04 bits per heavy atom. The van der Waals surface area contributed by atoms with Crippen molar-refractivity contribution in [1.29, 1.82) is 0 Å². The molecule has 2 fully saturated rings. The van der Waals surface area contributed by atoms with Crippen molar-refractivity contribution in [3.05, 3.63) is 35.6 Å². The largest absolute Gasteiger partial charge is 0.450 e. The van der Waals surface area contributed by atoms with Crippen molar-refractivity contribution in [1.82, 2.24) is 15.5 Å². The lowest BCUT2D eigenvalue weighted by molar-refractivity contribution is 0.0957. The number of nitrogens with zero attached hydrogens (tertiary/aromatic N) is 1. The fourth-order valence-corrected chi connectivity index (χ4v) is 3.28. The first-order valence-electron chi connectivity index (χ1n) is 8.81. The average Bonchev–Trinajstić information content (AvgIpc) is 3.34. The van der Waals surface area contributed by atoms with Crippen LogP contribution in [0.25, 0.3) is 0 Å². The van der Waals surface area contributed by atoms with Gasteiger partial charge in [-0.2, -0.15) is 0 Å². The second kappa shape index (κ2) is 7.72. The maximum atomic E-state index is 13.3. The van der Waals surface area contributed by atoms with Gasteiger partial charge in [0.2, 0.25) is 0 Å². The Bertz CT molecular complexity index is 632. The van der Waals surface area contributed by atoms with Crippen LogP contribution in [-0.4, -0.2) is 48.8 Å². The summed E-state index contributed by atoms with van der Waals surface area (Å²) in [6.07, 6.45) is 1.97. The SMILES string of the molecule is CCOC(=O)N1CCC(NC(=O)NC2CC2c2cccc(F)c2)CC1. The smallest absolute Gasteiger partial charge is 0.409 e. The lowest BCUT2D eigenvalue weighted by Gasteiger charge is -2.31. The third-order valence-electron chi connectivity index (χ3n) is 4.74. The Kier molecular flexibility index (Phi) is 5.40. The maximum Gasteiger partial charge on any atom is 0.409 e. The number of carbonyl (C=O) groups is 2. The molecule has 25 heavy (non-hydrogen) atoms. The molecule has 2 unspecified atom stereocenters. The Balaban J connectivity index is 1.39. The van der Waals surface area contributed by atoms with Crippen LogP contribution < -0.4 is 10.6 Å². The minimum atomic E-state index is -0.290. The summed E-state index contributed by atoms with van der Waals surface area (Å²) in [7, 11) is 0. The van der Waals surface area contributed by atoms with E-state index in [0.29, 0.717) is 32.5 Å². The van der Waals surface area contributed by atoms with Crippen LogP contribution in [0.4, 0.5) is 14.0 Å². The number of benzene rings is 1. The van der Waals surface area contributed by atoms with E-state index in [1.165, 1.54) is 12.1 Å². The van der Waals surface area contributed by atoms with Crippen molar-refractivity contribution in [2.75, 3.05) is 19.7 Å². The molecule has 6 nitrogen and oxygen atoms in total. The number of amides is 3. The van der Waals surface area contributed by atoms with Gasteiger partial charge in [-0.05, 0) is 43.9 Å². The number of carbonyl (C=O) groups excluding carboxylic acids is 2. The number of ether oxygens (including phenoxy) is 1. The lowest BCUT2D eigenvalue weighted by Crippen LogP contribution is -2.49. The average molecular weight is 349 g/mol. The van der Waals surface area contributed by atoms with Gasteiger partial charge in [0.25, 0.3) is 0 Å². The molecule has 0 radical (unpaired) electrons. The van der Waals surface area contributed by atoms with Gasteiger partial charge in [0.05, 0.1) is 6.61 Å². The van der Waals surface area contributed by atoms with Crippen LogP contribution in [0.15, 0.2) is 24.3 Å². The van der Waals surface area contributed by atoms with E-state index in [4.69, 9.17) is 4.74 Å². The summed E-state index contributed by atoms with van der Waals surface area (Å²) in [6, 6.07) is 6.44. The Morgan fingerprint density at radius 3 is 2.72 bits per heavy atom. The first kappa shape index (κ1) is 17.5. The maximum absolute atomic E-state index is 13.3. The minimum Gasteiger partial charge on any atom is -0.450 e. The van der Waals surface area contributed by atoms with Gasteiger partial charge in [0.1, 0.15) is 5.82 Å². The van der Waals surface area contributed by atoms with Crippen molar-refractivity contribution in [3.63, 3.8) is 0 Å². The Hall–Kier alpha value is -2.31. The van der Waals surface area contributed by atoms with Gasteiger partial charge in [-0.1, -0.05) is 12.1 Å². The summed E-state index contributed by atoms with van der Waals surface area (Å²) in [6.45, 7) is 3.32. The first-order valence-corrected chi connectivity index (χ1v) is 8.81. The van der Waals surface area contributed by atoms with Crippen LogP contribution in [0, 0.1) is 5.82 Å². The molecule has 2 N–H and O–H groups in total. The normalized spacial score (nSPS) is 23.0. The van der Waals surface area contributed by atoms with Gasteiger partial charge in [-0.3, -0.25) is 0 Å². The Labute approximate surface area is 146 Å². The van der Waals surface area contributed by atoms with E-state index in [-0.39, 0.29) is 35.9 Å². The molecule has 0 bridgehead atoms. The monoisotopic (exact) mass is 349 g/mol. The summed E-state index contributed by atoms with van der Waals surface area (Å²) < 4.78 is 18.2. The van der Waals surface area contributed by atoms with Gasteiger partial charge < -0.3 is 20.3 Å². The third kappa shape index (κ3) is 4.61. The molecule has 2 aliphatic rings. The number of hydrogen-bond donors (Lipinski definition) is 2. The third-order valence-corrected chi connectivity index (χ3v) is 4.74. The summed E-state index contributed by atoms with van der Waals surface area (Å²) in [5, 5.41) is 5.91. The highest BCUT2D eigenvalue weighted by atomic mass is 19.1. The number of likely N-dealkylation sites (tertiary alicyclic amines) is 1. The molecule has 1 saturated carbocycles. The minimum absolute atomic E-state index is 0.0528. The zero-order valence-electron chi connectivity index (χ0n) is 14.3. The van der Waals surface area contributed by atoms with Crippen molar-refractivity contribution in [2.45, 2.75) is 44.2 Å². The lowest BCUT2D eigenvalue weighted by atomic mass is 10.1. The van der Waals surface area contributed by atoms with Gasteiger partial charge in [-0.25, -0.2) is 14.0 Å². The quantitative estimate of drug-likeness (QED) is 0.878. The van der Waals surface area contributed by atoms with Crippen molar-refractivity contribution in [2.24, 2.45) is 0 Å². The van der Waals surface area contributed by atoms with Crippen LogP contribution in [-0.2, 0) is 4.74 Å². The summed E-state index contributed by atoms with van der Waals surface area (Å²) >= 11 is 0. The fourth-order valence-electron chi connectivity index (χ4n) is 3.28. The number of hydrogen-bond acceptors (Lipinski definition) is 3. The van der Waals surface area contributed by atoms with Gasteiger partial charge in [0, 0.05) is 31.1 Å². The predicted octanol–water partition coefficient (Wildman–Crippen LogP) is 2.60. The first-order chi connectivity index (χ1) is 12.1. The van der Waals surface area contributed by atoms with E-state index in [0.717, 1.165) is 12.0 Å². The number of piperidine rings is 1. The van der Waals surface area contributed by atoms with Crippen LogP contribution in [0.3, 0.4) is 0 Å². The van der Waals surface area contributed by atoms with Crippen LogP contribution in [0.5, 0.6) is 0 Å². The summed E-state index contributed by atoms with van der Waals surface area (Å²) in [5.41, 5.74) is 0.924. The second-order valence-corrected chi connectivity index (χ2v) is 6.58. The van der Waals surface area contributed by atoms with E-state index in [1.807, 2.05) is 6.07 Å². The highest BCUT2D eigenvalue weighted by molar-refractivity contribution is 5.75. The molecule has 0 aromatic heterocycles. The van der Waals surface area contributed by atoms with Crippen LogP contribution >= 0.6 is 0 Å². The van der Waals surface area contributed by atoms with E-state index in [2.05, 4.69) is 10.6 Å². The topological polar surface area (TPSA) is 70.7 Å². The van der Waals surface area contributed by atoms with Gasteiger partial charge in [0.15, 0.2) is 0 Å². The molecule has 1 aromatic rings. The summed E-state index contributed by atoms with van der Waals surface area (Å²) in [5.74, 6) is -0.0620. The molecule has 1 saturated heterocycles. The number of rotatable bonds is 4. The molecule has 3 rings (SSSR count). The molecular weight excluding hydrogens is 325 g/mol. The fraction of sp³-hybridized carbons (Fsp3) is 0.556. The van der Waals surface area contributed by atoms with Crippen LogP contribution in [0.2, 0.25) is 0 Å². The van der Waals surface area contributed by atoms with Crippen molar-refractivity contribution < 1.29 is 18.7 Å². The Morgan fingerprint density at radius 1 is 1.28 bits per heavy atom. The standard InChI is InChI=1S/C18H24FN3O3/c1-2-25-18(24)22-8-6-14(7-9-22)20-17(23)21-16-11-15(16)12-4-3-5-13(19)10-12/h3-5,10,14-16H,2,6-9,11H2,1H3,(H2,20,21,23). The molecule has 0 spiro atoms. The van der Waals surface area contributed by atoms with E-state index in [9.17, 15) is 14.0 Å². The molecule has 3 amide bonds. The summed E-state index contributed by atoms with van der Waals surface area (Å²) in [4.78, 5) is 25.4. The van der Waals surface area contributed by atoms with E-state index in [1.54, 1.807) is 17.9 Å². The zero-order valence-corrected chi connectivity index (χ0v) is 14.3. The van der Waals surface area contributed by atoms with Gasteiger partial charge in [-0.15, -0.1) is 0 Å². The van der Waals surface area contributed by atoms with E-state index < -0.39 is 0 Å². The molecule has 7 heteroatoms. The van der Waals surface area contributed by atoms with Crippen molar-refractivity contribution >= 4 is 12.1 Å². The second-order valence-electron chi connectivity index (χ2n) is 6.58. The molecule has 136 valence electrons. The zero-order chi connectivity index (χ0) is 17.8. The highest BCUT2D eigenvalue weighted by Crippen LogP contribution is 2.40. The predicted molar refractivity (Wildman–Crippen MR) is 90.8 cm³/mol. The molecule has 1 heterocycles. The number of nitrogens with one attached hydrogen (secondary N) is 2. The number of halogens is 1. The number of urea groups is 1. The highest BCUT2D eigenvalue weighted by Gasteiger charge is 2.40. The molecule has 1 aliphatic carbocycles. The molecule has 1 aliphatic heterocycles.